The largest absolute Gasteiger partial charge is 0.464 e. The van der Waals surface area contributed by atoms with Crippen molar-refractivity contribution in [2.75, 3.05) is 10.0 Å². The highest BCUT2D eigenvalue weighted by atomic mass is 32.2. The van der Waals surface area contributed by atoms with E-state index < -0.39 is 10.0 Å². The SMILES string of the molecule is Cc1cc(NS(=O)(=O)c2ccc(NC(=O)Cc3coc4ccc5ccccc5c34)cc2)nc(C)n1. The molecule has 5 aromatic rings. The molecule has 0 radical (unpaired) electrons. The fourth-order valence-corrected chi connectivity index (χ4v) is 5.06. The first-order valence-electron chi connectivity index (χ1n) is 10.9. The highest BCUT2D eigenvalue weighted by Crippen LogP contribution is 2.30. The van der Waals surface area contributed by atoms with Crippen LogP contribution in [0.3, 0.4) is 0 Å². The van der Waals surface area contributed by atoms with Gasteiger partial charge in [0.1, 0.15) is 17.2 Å². The Balaban J connectivity index is 1.31. The molecule has 0 spiro atoms. The zero-order chi connectivity index (χ0) is 24.6. The number of nitrogens with zero attached hydrogens (tertiary/aromatic N) is 2. The van der Waals surface area contributed by atoms with Crippen molar-refractivity contribution in [3.05, 3.63) is 90.1 Å². The standard InChI is InChI=1S/C26H22N4O4S/c1-16-13-24(28-17(2)27-16)30-35(32,33)21-10-8-20(9-11-21)29-25(31)14-19-15-34-23-12-7-18-5-3-4-6-22(18)26(19)23/h3-13,15H,14H2,1-2H3,(H,29,31)(H,27,28,30). The van der Waals surface area contributed by atoms with Crippen molar-refractivity contribution in [2.45, 2.75) is 25.2 Å². The minimum Gasteiger partial charge on any atom is -0.464 e. The third kappa shape index (κ3) is 4.71. The molecule has 2 aromatic heterocycles. The molecule has 0 saturated carbocycles. The number of fused-ring (bicyclic) bond motifs is 3. The monoisotopic (exact) mass is 486 g/mol. The van der Waals surface area contributed by atoms with E-state index in [1.807, 2.05) is 36.4 Å². The molecule has 0 bridgehead atoms. The molecular weight excluding hydrogens is 464 g/mol. The average molecular weight is 487 g/mol. The van der Waals surface area contributed by atoms with Gasteiger partial charge in [-0.3, -0.25) is 9.52 Å². The van der Waals surface area contributed by atoms with Crippen molar-refractivity contribution in [3.8, 4) is 0 Å². The number of benzene rings is 3. The van der Waals surface area contributed by atoms with Gasteiger partial charge in [-0.25, -0.2) is 18.4 Å². The van der Waals surface area contributed by atoms with Gasteiger partial charge in [-0.2, -0.15) is 0 Å². The summed E-state index contributed by atoms with van der Waals surface area (Å²) in [4.78, 5) is 21.1. The van der Waals surface area contributed by atoms with Crippen LogP contribution in [-0.2, 0) is 21.2 Å². The summed E-state index contributed by atoms with van der Waals surface area (Å²) in [5, 5.41) is 5.83. The number of rotatable bonds is 6. The molecule has 0 fully saturated rings. The van der Waals surface area contributed by atoms with E-state index in [-0.39, 0.29) is 23.0 Å². The number of amides is 1. The van der Waals surface area contributed by atoms with Gasteiger partial charge in [-0.1, -0.05) is 30.3 Å². The van der Waals surface area contributed by atoms with Crippen LogP contribution in [-0.4, -0.2) is 24.3 Å². The third-order valence-corrected chi connectivity index (χ3v) is 6.92. The molecule has 8 nitrogen and oxygen atoms in total. The molecule has 35 heavy (non-hydrogen) atoms. The van der Waals surface area contributed by atoms with Crippen LogP contribution >= 0.6 is 0 Å². The predicted molar refractivity (Wildman–Crippen MR) is 135 cm³/mol. The van der Waals surface area contributed by atoms with E-state index in [4.69, 9.17) is 4.42 Å². The Labute approximate surface area is 202 Å². The number of hydrogen-bond donors (Lipinski definition) is 2. The number of aromatic nitrogens is 2. The molecule has 5 rings (SSSR count). The Hall–Kier alpha value is -4.24. The molecule has 9 heteroatoms. The quantitative estimate of drug-likeness (QED) is 0.350. The number of furan rings is 1. The van der Waals surface area contributed by atoms with E-state index in [1.54, 1.807) is 38.3 Å². The number of carbonyl (C=O) groups is 1. The van der Waals surface area contributed by atoms with Crippen molar-refractivity contribution in [1.82, 2.24) is 9.97 Å². The zero-order valence-electron chi connectivity index (χ0n) is 19.1. The summed E-state index contributed by atoms with van der Waals surface area (Å²) in [6.45, 7) is 3.45. The molecule has 0 aliphatic rings. The minimum atomic E-state index is -3.84. The van der Waals surface area contributed by atoms with Gasteiger partial charge in [0.25, 0.3) is 10.0 Å². The lowest BCUT2D eigenvalue weighted by atomic mass is 10.0. The number of anilines is 2. The molecule has 0 atom stereocenters. The van der Waals surface area contributed by atoms with Crippen LogP contribution in [0.5, 0.6) is 0 Å². The second-order valence-electron chi connectivity index (χ2n) is 8.22. The Morgan fingerprint density at radius 1 is 0.971 bits per heavy atom. The highest BCUT2D eigenvalue weighted by Gasteiger charge is 2.17. The molecular formula is C26H22N4O4S. The summed E-state index contributed by atoms with van der Waals surface area (Å²) in [5.41, 5.74) is 2.66. The second-order valence-corrected chi connectivity index (χ2v) is 9.90. The zero-order valence-corrected chi connectivity index (χ0v) is 19.9. The van der Waals surface area contributed by atoms with Gasteiger partial charge in [0, 0.05) is 28.4 Å². The molecule has 2 N–H and O–H groups in total. The Bertz CT molecular complexity index is 1660. The molecule has 0 aliphatic carbocycles. The maximum atomic E-state index is 12.7. The van der Waals surface area contributed by atoms with Crippen LogP contribution in [0.1, 0.15) is 17.1 Å². The number of nitrogens with one attached hydrogen (secondary N) is 2. The molecule has 1 amide bonds. The Morgan fingerprint density at radius 2 is 1.74 bits per heavy atom. The van der Waals surface area contributed by atoms with Crippen LogP contribution in [0.25, 0.3) is 21.7 Å². The average Bonchev–Trinajstić information content (AvgIpc) is 3.21. The van der Waals surface area contributed by atoms with Gasteiger partial charge in [0.05, 0.1) is 17.6 Å². The fourth-order valence-electron chi connectivity index (χ4n) is 4.07. The summed E-state index contributed by atoms with van der Waals surface area (Å²) in [6, 6.07) is 19.3. The molecule has 2 heterocycles. The van der Waals surface area contributed by atoms with Gasteiger partial charge >= 0.3 is 0 Å². The smallest absolute Gasteiger partial charge is 0.263 e. The Kier molecular flexibility index (Phi) is 5.70. The molecule has 0 aliphatic heterocycles. The van der Waals surface area contributed by atoms with Crippen molar-refractivity contribution < 1.29 is 17.6 Å². The number of carbonyl (C=O) groups excluding carboxylic acids is 1. The maximum Gasteiger partial charge on any atom is 0.263 e. The summed E-state index contributed by atoms with van der Waals surface area (Å²) in [6.07, 6.45) is 1.73. The maximum absolute atomic E-state index is 12.7. The molecule has 3 aromatic carbocycles. The lowest BCUT2D eigenvalue weighted by Crippen LogP contribution is -2.16. The van der Waals surface area contributed by atoms with Crippen molar-refractivity contribution >= 4 is 49.2 Å². The predicted octanol–water partition coefficient (Wildman–Crippen LogP) is 4.97. The lowest BCUT2D eigenvalue weighted by Gasteiger charge is -2.10. The van der Waals surface area contributed by atoms with E-state index in [0.29, 0.717) is 17.2 Å². The van der Waals surface area contributed by atoms with Crippen LogP contribution in [0.2, 0.25) is 0 Å². The van der Waals surface area contributed by atoms with E-state index in [0.717, 1.165) is 27.3 Å². The molecule has 176 valence electrons. The highest BCUT2D eigenvalue weighted by molar-refractivity contribution is 7.92. The Morgan fingerprint density at radius 3 is 2.51 bits per heavy atom. The van der Waals surface area contributed by atoms with E-state index in [9.17, 15) is 13.2 Å². The van der Waals surface area contributed by atoms with Crippen molar-refractivity contribution in [2.24, 2.45) is 0 Å². The van der Waals surface area contributed by atoms with Gasteiger partial charge in [-0.15, -0.1) is 0 Å². The topological polar surface area (TPSA) is 114 Å². The number of hydrogen-bond acceptors (Lipinski definition) is 6. The van der Waals surface area contributed by atoms with Crippen LogP contribution in [0.15, 0.2) is 82.3 Å². The van der Waals surface area contributed by atoms with Crippen molar-refractivity contribution in [3.63, 3.8) is 0 Å². The molecule has 0 unspecified atom stereocenters. The van der Waals surface area contributed by atoms with Crippen molar-refractivity contribution in [1.29, 1.82) is 0 Å². The van der Waals surface area contributed by atoms with E-state index >= 15 is 0 Å². The minimum absolute atomic E-state index is 0.0525. The van der Waals surface area contributed by atoms with Crippen LogP contribution in [0.4, 0.5) is 11.5 Å². The van der Waals surface area contributed by atoms with E-state index in [1.165, 1.54) is 12.1 Å². The first-order chi connectivity index (χ1) is 16.8. The summed E-state index contributed by atoms with van der Waals surface area (Å²) in [5.74, 6) is 0.438. The third-order valence-electron chi connectivity index (χ3n) is 5.54. The first kappa shape index (κ1) is 22.5. The van der Waals surface area contributed by atoms with Crippen LogP contribution in [0, 0.1) is 13.8 Å². The summed E-state index contributed by atoms with van der Waals surface area (Å²) < 4.78 is 33.6. The van der Waals surface area contributed by atoms with Gasteiger partial charge in [0.15, 0.2) is 0 Å². The van der Waals surface area contributed by atoms with Gasteiger partial charge < -0.3 is 9.73 Å². The van der Waals surface area contributed by atoms with E-state index in [2.05, 4.69) is 20.0 Å². The second kappa shape index (κ2) is 8.84. The van der Waals surface area contributed by atoms with Gasteiger partial charge in [-0.05, 0) is 55.0 Å². The summed E-state index contributed by atoms with van der Waals surface area (Å²) in [7, 11) is -3.84. The van der Waals surface area contributed by atoms with Gasteiger partial charge in [0.2, 0.25) is 5.91 Å². The first-order valence-corrected chi connectivity index (χ1v) is 12.4. The molecule has 0 saturated heterocycles. The lowest BCUT2D eigenvalue weighted by molar-refractivity contribution is -0.115. The normalized spacial score (nSPS) is 11.6. The summed E-state index contributed by atoms with van der Waals surface area (Å²) >= 11 is 0. The van der Waals surface area contributed by atoms with Crippen LogP contribution < -0.4 is 10.0 Å². The fraction of sp³-hybridized carbons (Fsp3) is 0.115. The number of sulfonamides is 1. The number of aryl methyl sites for hydroxylation is 2.